The van der Waals surface area contributed by atoms with Crippen LogP contribution in [0.1, 0.15) is 39.1 Å². The quantitative estimate of drug-likeness (QED) is 0.271. The number of hydrogen-bond acceptors (Lipinski definition) is 6. The number of rotatable bonds is 6. The Hall–Kier alpha value is -3.98. The maximum Gasteiger partial charge on any atom is 0.281 e. The number of pyridine rings is 1. The van der Waals surface area contributed by atoms with Gasteiger partial charge >= 0.3 is 0 Å². The van der Waals surface area contributed by atoms with Gasteiger partial charge in [0.2, 0.25) is 0 Å². The smallest absolute Gasteiger partial charge is 0.281 e. The second-order valence-corrected chi connectivity index (χ2v) is 7.84. The van der Waals surface area contributed by atoms with Gasteiger partial charge in [-0.3, -0.25) is 10.2 Å². The number of nitrogens with zero attached hydrogens (tertiary/aromatic N) is 4. The molecule has 1 unspecified atom stereocenters. The Morgan fingerprint density at radius 1 is 1.11 bits per heavy atom. The van der Waals surface area contributed by atoms with E-state index in [4.69, 9.17) is 16.6 Å². The predicted molar refractivity (Wildman–Crippen MR) is 138 cm³/mol. The molecule has 1 atom stereocenters. The molecule has 0 aliphatic rings. The number of halogens is 2. The molecule has 3 aromatic heterocycles. The van der Waals surface area contributed by atoms with Crippen molar-refractivity contribution in [1.29, 1.82) is 0 Å². The Bertz CT molecular complexity index is 1510. The van der Waals surface area contributed by atoms with Crippen molar-refractivity contribution in [2.45, 2.75) is 33.2 Å². The second-order valence-electron chi connectivity index (χ2n) is 7.43. The largest absolute Gasteiger partial charge is 0.373 e. The van der Waals surface area contributed by atoms with E-state index in [-0.39, 0.29) is 17.4 Å². The van der Waals surface area contributed by atoms with Gasteiger partial charge in [-0.25, -0.2) is 24.0 Å². The van der Waals surface area contributed by atoms with Gasteiger partial charge in [0.05, 0.1) is 39.7 Å². The predicted octanol–water partition coefficient (Wildman–Crippen LogP) is 5.92. The Morgan fingerprint density at radius 3 is 2.63 bits per heavy atom. The number of H-pyrrole nitrogens is 1. The fourth-order valence-electron chi connectivity index (χ4n) is 3.71. The van der Waals surface area contributed by atoms with Crippen molar-refractivity contribution in [2.75, 3.05) is 10.7 Å². The molecule has 0 aliphatic heterocycles. The summed E-state index contributed by atoms with van der Waals surface area (Å²) >= 11 is 6.34. The lowest BCUT2D eigenvalue weighted by atomic mass is 10.1. The van der Waals surface area contributed by atoms with E-state index in [2.05, 4.69) is 25.7 Å². The molecule has 8 nitrogen and oxygen atoms in total. The van der Waals surface area contributed by atoms with Crippen molar-refractivity contribution in [3.05, 3.63) is 88.1 Å². The molecule has 3 heterocycles. The van der Waals surface area contributed by atoms with Crippen LogP contribution in [-0.2, 0) is 0 Å². The molecule has 2 aromatic carbocycles. The van der Waals surface area contributed by atoms with Crippen LogP contribution in [0.5, 0.6) is 0 Å². The third-order valence-corrected chi connectivity index (χ3v) is 5.65. The molecular formula is C25H25ClFN7O. The number of aromatic amines is 1. The topological polar surface area (TPSA) is 101 Å². The monoisotopic (exact) mass is 493 g/mol. The van der Waals surface area contributed by atoms with E-state index in [0.717, 1.165) is 11.2 Å². The third kappa shape index (κ3) is 4.81. The standard InChI is InChI=1S/C23H19ClFN7O.C2H6/c1-2-16(29-18-10-11-26-21-20(18)27-12-28-21)22-30-17-5-3-4-15(24)19(17)23(33)32(22)31-14-8-6-13(25)7-9-14;1-2/h3-12,16,31H,2H2,1H3,(H2,26,27,28,29);1-2H3. The average molecular weight is 494 g/mol. The van der Waals surface area contributed by atoms with Crippen LogP contribution in [0.4, 0.5) is 15.8 Å². The van der Waals surface area contributed by atoms with Crippen molar-refractivity contribution in [3.8, 4) is 0 Å². The Balaban J connectivity index is 0.00000141. The summed E-state index contributed by atoms with van der Waals surface area (Å²) in [5.41, 5.74) is 5.83. The molecular weight excluding hydrogens is 469 g/mol. The molecule has 0 saturated carbocycles. The molecule has 10 heteroatoms. The molecule has 0 saturated heterocycles. The summed E-state index contributed by atoms with van der Waals surface area (Å²) in [6.45, 7) is 5.99. The van der Waals surface area contributed by atoms with Gasteiger partial charge in [0.1, 0.15) is 11.3 Å². The third-order valence-electron chi connectivity index (χ3n) is 5.33. The summed E-state index contributed by atoms with van der Waals surface area (Å²) < 4.78 is 14.8. The number of hydrogen-bond donors (Lipinski definition) is 3. The molecule has 3 N–H and O–H groups in total. The highest BCUT2D eigenvalue weighted by Gasteiger charge is 2.21. The molecule has 0 amide bonds. The van der Waals surface area contributed by atoms with Crippen LogP contribution in [0, 0.1) is 5.82 Å². The first kappa shape index (κ1) is 24.2. The summed E-state index contributed by atoms with van der Waals surface area (Å²) in [5.74, 6) is 0.0771. The lowest BCUT2D eigenvalue weighted by Crippen LogP contribution is -2.34. The lowest BCUT2D eigenvalue weighted by Gasteiger charge is -2.23. The van der Waals surface area contributed by atoms with Gasteiger partial charge in [-0.05, 0) is 48.9 Å². The molecule has 0 bridgehead atoms. The van der Waals surface area contributed by atoms with Gasteiger partial charge in [-0.1, -0.05) is 38.4 Å². The first-order valence-corrected chi connectivity index (χ1v) is 11.7. The van der Waals surface area contributed by atoms with Crippen LogP contribution in [0.25, 0.3) is 22.1 Å². The van der Waals surface area contributed by atoms with Crippen molar-refractivity contribution in [3.63, 3.8) is 0 Å². The van der Waals surface area contributed by atoms with Gasteiger partial charge in [0, 0.05) is 6.20 Å². The summed E-state index contributed by atoms with van der Waals surface area (Å²) in [6, 6.07) is 12.4. The first-order chi connectivity index (χ1) is 17.0. The highest BCUT2D eigenvalue weighted by Crippen LogP contribution is 2.27. The Labute approximate surface area is 206 Å². The second kappa shape index (κ2) is 10.5. The maximum absolute atomic E-state index is 13.5. The molecule has 5 rings (SSSR count). The number of anilines is 2. The molecule has 0 spiro atoms. The normalized spacial score (nSPS) is 11.7. The van der Waals surface area contributed by atoms with Crippen LogP contribution in [-0.4, -0.2) is 24.6 Å². The Morgan fingerprint density at radius 2 is 1.89 bits per heavy atom. The van der Waals surface area contributed by atoms with E-state index in [9.17, 15) is 9.18 Å². The number of nitrogens with one attached hydrogen (secondary N) is 3. The minimum absolute atomic E-state index is 0.298. The summed E-state index contributed by atoms with van der Waals surface area (Å²) in [5, 5.41) is 4.05. The van der Waals surface area contributed by atoms with E-state index < -0.39 is 0 Å². The van der Waals surface area contributed by atoms with Gasteiger partial charge in [0.15, 0.2) is 11.5 Å². The van der Waals surface area contributed by atoms with Gasteiger partial charge < -0.3 is 10.3 Å². The van der Waals surface area contributed by atoms with Gasteiger partial charge in [0.25, 0.3) is 5.56 Å². The van der Waals surface area contributed by atoms with Crippen LogP contribution >= 0.6 is 11.6 Å². The number of aromatic nitrogens is 5. The number of fused-ring (bicyclic) bond motifs is 2. The highest BCUT2D eigenvalue weighted by molar-refractivity contribution is 6.35. The van der Waals surface area contributed by atoms with Crippen LogP contribution < -0.4 is 16.3 Å². The Kier molecular flexibility index (Phi) is 7.26. The summed E-state index contributed by atoms with van der Waals surface area (Å²) in [7, 11) is 0. The summed E-state index contributed by atoms with van der Waals surface area (Å²) in [4.78, 5) is 29.8. The molecule has 35 heavy (non-hydrogen) atoms. The van der Waals surface area contributed by atoms with Crippen LogP contribution in [0.2, 0.25) is 5.02 Å². The zero-order valence-corrected chi connectivity index (χ0v) is 20.3. The fraction of sp³-hybridized carbons (Fsp3) is 0.200. The molecule has 0 aliphatic carbocycles. The highest BCUT2D eigenvalue weighted by atomic mass is 35.5. The number of benzene rings is 2. The van der Waals surface area contributed by atoms with Crippen molar-refractivity contribution < 1.29 is 4.39 Å². The number of imidazole rings is 1. The van der Waals surface area contributed by atoms with Crippen molar-refractivity contribution >= 4 is 45.0 Å². The molecule has 5 aromatic rings. The van der Waals surface area contributed by atoms with Crippen LogP contribution in [0.3, 0.4) is 0 Å². The minimum atomic E-state index is -0.373. The van der Waals surface area contributed by atoms with E-state index in [1.54, 1.807) is 42.9 Å². The van der Waals surface area contributed by atoms with Crippen molar-refractivity contribution in [1.82, 2.24) is 24.6 Å². The van der Waals surface area contributed by atoms with E-state index in [1.807, 2.05) is 26.8 Å². The van der Waals surface area contributed by atoms with Gasteiger partial charge in [-0.15, -0.1) is 0 Å². The molecule has 0 fully saturated rings. The lowest BCUT2D eigenvalue weighted by molar-refractivity contribution is 0.626. The first-order valence-electron chi connectivity index (χ1n) is 11.3. The fourth-order valence-corrected chi connectivity index (χ4v) is 3.96. The SMILES string of the molecule is CC.CCC(Nc1ccnc2nc[nH]c12)c1nc2cccc(Cl)c2c(=O)n1Nc1ccc(F)cc1. The zero-order valence-electron chi connectivity index (χ0n) is 19.5. The zero-order chi connectivity index (χ0) is 24.9. The summed E-state index contributed by atoms with van der Waals surface area (Å²) in [6.07, 6.45) is 3.85. The van der Waals surface area contributed by atoms with E-state index in [0.29, 0.717) is 39.5 Å². The minimum Gasteiger partial charge on any atom is -0.373 e. The van der Waals surface area contributed by atoms with Gasteiger partial charge in [-0.2, -0.15) is 0 Å². The van der Waals surface area contributed by atoms with E-state index in [1.165, 1.54) is 16.8 Å². The maximum atomic E-state index is 13.5. The van der Waals surface area contributed by atoms with E-state index >= 15 is 0 Å². The average Bonchev–Trinajstić information content (AvgIpc) is 3.36. The molecule has 0 radical (unpaired) electrons. The molecule has 180 valence electrons. The van der Waals surface area contributed by atoms with Crippen molar-refractivity contribution in [2.24, 2.45) is 0 Å². The van der Waals surface area contributed by atoms with Crippen LogP contribution in [0.15, 0.2) is 65.8 Å².